The largest absolute Gasteiger partial charge is 0.455 e. The van der Waals surface area contributed by atoms with Crippen molar-refractivity contribution in [1.82, 2.24) is 0 Å². The van der Waals surface area contributed by atoms with Crippen LogP contribution in [0.1, 0.15) is 122 Å². The van der Waals surface area contributed by atoms with Gasteiger partial charge in [-0.1, -0.05) is 127 Å². The summed E-state index contributed by atoms with van der Waals surface area (Å²) in [6.07, 6.45) is 17.7. The topological polar surface area (TPSA) is 35.5 Å². The summed E-state index contributed by atoms with van der Waals surface area (Å²) in [5.41, 5.74) is 2.51. The van der Waals surface area contributed by atoms with E-state index in [0.29, 0.717) is 17.3 Å². The van der Waals surface area contributed by atoms with Crippen LogP contribution in [0, 0.1) is 0 Å². The fourth-order valence-corrected chi connectivity index (χ4v) is 5.62. The standard InChI is InChI=1S/C36H58NO3/c1-6-9-10-11-12-13-14-15-16-17-19-24-31-27-22-28-33(29-31)39-35(23-7-2)40-36(38)34(8-3)37(4,5)30-32-25-20-18-21-26-32/h18,20-22,25-29,34-35H,6-17,19,23-24,30H2,1-5H3/q+1. The van der Waals surface area contributed by atoms with Crippen LogP contribution in [0.3, 0.4) is 0 Å². The molecule has 0 radical (unpaired) electrons. The molecule has 4 nitrogen and oxygen atoms in total. The van der Waals surface area contributed by atoms with Gasteiger partial charge >= 0.3 is 5.97 Å². The lowest BCUT2D eigenvalue weighted by Gasteiger charge is -2.36. The third-order valence-electron chi connectivity index (χ3n) is 7.94. The second kappa shape index (κ2) is 19.7. The number of hydrogen-bond donors (Lipinski definition) is 0. The van der Waals surface area contributed by atoms with Gasteiger partial charge in [-0.3, -0.25) is 0 Å². The molecule has 0 aliphatic heterocycles. The molecule has 0 aliphatic carbocycles. The first kappa shape index (κ1) is 33.9. The molecule has 0 spiro atoms. The molecule has 2 unspecified atom stereocenters. The molecule has 2 rings (SSSR count). The molecule has 4 heteroatoms. The van der Waals surface area contributed by atoms with Crippen LogP contribution in [0.2, 0.25) is 0 Å². The van der Waals surface area contributed by atoms with Gasteiger partial charge in [0.2, 0.25) is 6.29 Å². The summed E-state index contributed by atoms with van der Waals surface area (Å²) in [5.74, 6) is 0.608. The molecule has 0 saturated carbocycles. The van der Waals surface area contributed by atoms with E-state index < -0.39 is 6.29 Å². The van der Waals surface area contributed by atoms with E-state index in [9.17, 15) is 4.79 Å². The summed E-state index contributed by atoms with van der Waals surface area (Å²) in [5, 5.41) is 0. The minimum atomic E-state index is -0.569. The Morgan fingerprint density at radius 1 is 0.725 bits per heavy atom. The molecule has 0 aliphatic rings. The highest BCUT2D eigenvalue weighted by atomic mass is 16.7. The van der Waals surface area contributed by atoms with Gasteiger partial charge in [-0.05, 0) is 37.0 Å². The van der Waals surface area contributed by atoms with E-state index >= 15 is 0 Å². The smallest absolute Gasteiger partial charge is 0.368 e. The van der Waals surface area contributed by atoms with Crippen molar-refractivity contribution in [3.8, 4) is 5.75 Å². The Morgan fingerprint density at radius 3 is 1.93 bits per heavy atom. The predicted molar refractivity (Wildman–Crippen MR) is 168 cm³/mol. The van der Waals surface area contributed by atoms with Crippen molar-refractivity contribution in [2.75, 3.05) is 14.1 Å². The van der Waals surface area contributed by atoms with Gasteiger partial charge in [-0.2, -0.15) is 0 Å². The molecular weight excluding hydrogens is 494 g/mol. The van der Waals surface area contributed by atoms with Crippen molar-refractivity contribution in [3.05, 3.63) is 65.7 Å². The molecule has 0 N–H and O–H groups in total. The highest BCUT2D eigenvalue weighted by molar-refractivity contribution is 5.74. The molecule has 0 saturated heterocycles. The number of aryl methyl sites for hydroxylation is 1. The second-order valence-electron chi connectivity index (χ2n) is 12.1. The number of carbonyl (C=O) groups is 1. The quantitative estimate of drug-likeness (QED) is 0.0631. The summed E-state index contributed by atoms with van der Waals surface area (Å²) in [4.78, 5) is 13.4. The highest BCUT2D eigenvalue weighted by Crippen LogP contribution is 2.22. The van der Waals surface area contributed by atoms with Crippen LogP contribution in [-0.4, -0.2) is 36.9 Å². The molecule has 0 aromatic heterocycles. The average Bonchev–Trinajstić information content (AvgIpc) is 2.92. The van der Waals surface area contributed by atoms with Crippen LogP contribution >= 0.6 is 0 Å². The summed E-state index contributed by atoms with van der Waals surface area (Å²) < 4.78 is 12.8. The molecule has 2 aromatic carbocycles. The Morgan fingerprint density at radius 2 is 1.32 bits per heavy atom. The maximum Gasteiger partial charge on any atom is 0.368 e. The Balaban J connectivity index is 1.81. The number of nitrogens with zero attached hydrogens (tertiary/aromatic N) is 1. The van der Waals surface area contributed by atoms with Crippen LogP contribution in [0.15, 0.2) is 54.6 Å². The maximum atomic E-state index is 13.4. The van der Waals surface area contributed by atoms with Gasteiger partial charge in [0.1, 0.15) is 12.3 Å². The number of quaternary nitrogens is 1. The number of rotatable bonds is 22. The zero-order chi connectivity index (χ0) is 29.1. The maximum absolute atomic E-state index is 13.4. The Kier molecular flexibility index (Phi) is 16.7. The number of carbonyl (C=O) groups excluding carboxylic acids is 1. The summed E-state index contributed by atoms with van der Waals surface area (Å²) in [7, 11) is 4.21. The minimum Gasteiger partial charge on any atom is -0.455 e. The highest BCUT2D eigenvalue weighted by Gasteiger charge is 2.36. The number of likely N-dealkylation sites (N-methyl/N-ethyl adjacent to an activating group) is 1. The zero-order valence-electron chi connectivity index (χ0n) is 26.3. The van der Waals surface area contributed by atoms with Crippen molar-refractivity contribution in [1.29, 1.82) is 0 Å². The molecule has 0 heterocycles. The van der Waals surface area contributed by atoms with Crippen LogP contribution in [0.4, 0.5) is 0 Å². The van der Waals surface area contributed by atoms with Crippen molar-refractivity contribution in [3.63, 3.8) is 0 Å². The lowest BCUT2D eigenvalue weighted by Crippen LogP contribution is -2.53. The van der Waals surface area contributed by atoms with Crippen LogP contribution in [-0.2, 0) is 22.5 Å². The first-order valence-electron chi connectivity index (χ1n) is 16.2. The number of unbranched alkanes of at least 4 members (excludes halogenated alkanes) is 10. The van der Waals surface area contributed by atoms with Crippen molar-refractivity contribution < 1.29 is 18.8 Å². The van der Waals surface area contributed by atoms with Crippen molar-refractivity contribution >= 4 is 5.97 Å². The molecule has 224 valence electrons. The van der Waals surface area contributed by atoms with Crippen LogP contribution < -0.4 is 4.74 Å². The first-order chi connectivity index (χ1) is 19.4. The van der Waals surface area contributed by atoms with Crippen molar-refractivity contribution in [2.24, 2.45) is 0 Å². The summed E-state index contributed by atoms with van der Waals surface area (Å²) >= 11 is 0. The summed E-state index contributed by atoms with van der Waals surface area (Å²) in [6.45, 7) is 7.21. The van der Waals surface area contributed by atoms with Gasteiger partial charge in [0.05, 0.1) is 14.1 Å². The Bertz CT molecular complexity index is 927. The monoisotopic (exact) mass is 552 g/mol. The van der Waals surface area contributed by atoms with Gasteiger partial charge in [0, 0.05) is 18.4 Å². The van der Waals surface area contributed by atoms with Crippen LogP contribution in [0.5, 0.6) is 5.75 Å². The molecule has 0 bridgehead atoms. The normalized spacial score (nSPS) is 13.1. The fraction of sp³-hybridized carbons (Fsp3) is 0.639. The van der Waals surface area contributed by atoms with Crippen molar-refractivity contribution in [2.45, 2.75) is 136 Å². The molecule has 0 amide bonds. The fourth-order valence-electron chi connectivity index (χ4n) is 5.62. The minimum absolute atomic E-state index is 0.181. The van der Waals surface area contributed by atoms with Gasteiger partial charge < -0.3 is 14.0 Å². The SMILES string of the molecule is CCCCCCCCCCCCCc1cccc(OC(CCC)OC(=O)C(CC)[N+](C)(C)Cc2ccccc2)c1. The number of ether oxygens (including phenoxy) is 2. The first-order valence-corrected chi connectivity index (χ1v) is 16.2. The molecule has 0 fully saturated rings. The Labute approximate surface area is 246 Å². The molecule has 40 heavy (non-hydrogen) atoms. The molecule has 2 atom stereocenters. The lowest BCUT2D eigenvalue weighted by atomic mass is 10.0. The second-order valence-corrected chi connectivity index (χ2v) is 12.1. The van der Waals surface area contributed by atoms with E-state index in [1.807, 2.05) is 24.3 Å². The predicted octanol–water partition coefficient (Wildman–Crippen LogP) is 9.64. The van der Waals surface area contributed by atoms with Gasteiger partial charge in [0.25, 0.3) is 0 Å². The third-order valence-corrected chi connectivity index (χ3v) is 7.94. The number of esters is 1. The number of hydrogen-bond acceptors (Lipinski definition) is 3. The van der Waals surface area contributed by atoms with Gasteiger partial charge in [-0.25, -0.2) is 4.79 Å². The van der Waals surface area contributed by atoms with Crippen LogP contribution in [0.25, 0.3) is 0 Å². The van der Waals surface area contributed by atoms with Gasteiger partial charge in [0.15, 0.2) is 6.04 Å². The lowest BCUT2D eigenvalue weighted by molar-refractivity contribution is -0.919. The number of benzene rings is 2. The van der Waals surface area contributed by atoms with E-state index in [4.69, 9.17) is 9.47 Å². The van der Waals surface area contributed by atoms with E-state index in [0.717, 1.165) is 25.1 Å². The molecular formula is C36H58NO3+. The zero-order valence-corrected chi connectivity index (χ0v) is 26.3. The summed E-state index contributed by atoms with van der Waals surface area (Å²) in [6, 6.07) is 18.4. The Hall–Kier alpha value is -2.33. The average molecular weight is 553 g/mol. The third kappa shape index (κ3) is 13.4. The van der Waals surface area contributed by atoms with E-state index in [2.05, 4.69) is 65.2 Å². The van der Waals surface area contributed by atoms with E-state index in [1.165, 1.54) is 81.8 Å². The van der Waals surface area contributed by atoms with E-state index in [-0.39, 0.29) is 12.0 Å². The van der Waals surface area contributed by atoms with E-state index in [1.54, 1.807) is 0 Å². The molecule has 2 aromatic rings. The van der Waals surface area contributed by atoms with Gasteiger partial charge in [-0.15, -0.1) is 0 Å².